The fourth-order valence-corrected chi connectivity index (χ4v) is 3.35. The third-order valence-corrected chi connectivity index (χ3v) is 4.57. The van der Waals surface area contributed by atoms with Crippen molar-refractivity contribution in [1.29, 1.82) is 0 Å². The maximum absolute atomic E-state index is 13.2. The third-order valence-electron chi connectivity index (χ3n) is 4.57. The number of carboxylic acids is 1. The predicted molar refractivity (Wildman–Crippen MR) is 92.0 cm³/mol. The van der Waals surface area contributed by atoms with Crippen molar-refractivity contribution in [1.82, 2.24) is 4.98 Å². The molecule has 1 N–H and O–H groups in total. The molecule has 2 heterocycles. The molecule has 2 aromatic rings. The molecule has 0 amide bonds. The number of aromatic nitrogens is 1. The number of nitrogens with zero attached hydrogens (tertiary/aromatic N) is 2. The highest BCUT2D eigenvalue weighted by Crippen LogP contribution is 2.34. The molecule has 0 spiro atoms. The molecule has 1 aromatic carbocycles. The molecule has 1 aliphatic rings. The molecule has 0 saturated carbocycles. The number of carbonyl (C=O) groups is 1. The van der Waals surface area contributed by atoms with Gasteiger partial charge in [-0.15, -0.1) is 0 Å². The summed E-state index contributed by atoms with van der Waals surface area (Å²) in [5.74, 6) is -0.824. The molecule has 1 atom stereocenters. The Morgan fingerprint density at radius 3 is 2.62 bits per heavy atom. The van der Waals surface area contributed by atoms with Gasteiger partial charge in [0.1, 0.15) is 17.2 Å². The van der Waals surface area contributed by atoms with Gasteiger partial charge in [0, 0.05) is 23.8 Å². The normalized spacial score (nSPS) is 17.8. The van der Waals surface area contributed by atoms with Crippen molar-refractivity contribution < 1.29 is 14.3 Å². The summed E-state index contributed by atoms with van der Waals surface area (Å²) in [5, 5.41) is 9.83. The Balaban J connectivity index is 2.19. The smallest absolute Gasteiger partial charge is 0.340 e. The van der Waals surface area contributed by atoms with E-state index in [1.807, 2.05) is 6.92 Å². The van der Waals surface area contributed by atoms with E-state index >= 15 is 0 Å². The molecule has 0 radical (unpaired) electrons. The maximum Gasteiger partial charge on any atom is 0.340 e. The Morgan fingerprint density at radius 1 is 1.29 bits per heavy atom. The van der Waals surface area contributed by atoms with Gasteiger partial charge < -0.3 is 10.0 Å². The van der Waals surface area contributed by atoms with Crippen LogP contribution in [-0.2, 0) is 0 Å². The van der Waals surface area contributed by atoms with Crippen LogP contribution in [0.3, 0.4) is 0 Å². The molecule has 0 aliphatic carbocycles. The van der Waals surface area contributed by atoms with E-state index in [0.29, 0.717) is 16.9 Å². The van der Waals surface area contributed by atoms with Crippen LogP contribution in [0.4, 0.5) is 10.2 Å². The van der Waals surface area contributed by atoms with Crippen molar-refractivity contribution in [2.45, 2.75) is 39.2 Å². The summed E-state index contributed by atoms with van der Waals surface area (Å²) in [4.78, 5) is 18.6. The Hall–Kier alpha value is -2.43. The van der Waals surface area contributed by atoms with E-state index in [2.05, 4.69) is 16.8 Å². The van der Waals surface area contributed by atoms with E-state index in [9.17, 15) is 14.3 Å². The lowest BCUT2D eigenvalue weighted by atomic mass is 9.97. The van der Waals surface area contributed by atoms with Crippen LogP contribution in [0.2, 0.25) is 0 Å². The van der Waals surface area contributed by atoms with E-state index in [1.165, 1.54) is 12.1 Å². The molecule has 1 unspecified atom stereocenters. The first-order valence-corrected chi connectivity index (χ1v) is 8.25. The zero-order valence-electron chi connectivity index (χ0n) is 13.9. The number of rotatable bonds is 3. The highest BCUT2D eigenvalue weighted by Gasteiger charge is 2.27. The quantitative estimate of drug-likeness (QED) is 0.914. The van der Waals surface area contributed by atoms with Gasteiger partial charge in [-0.3, -0.25) is 0 Å². The van der Waals surface area contributed by atoms with E-state index < -0.39 is 5.97 Å². The topological polar surface area (TPSA) is 53.4 Å². The van der Waals surface area contributed by atoms with Crippen LogP contribution in [0.15, 0.2) is 30.3 Å². The van der Waals surface area contributed by atoms with Gasteiger partial charge in [0.15, 0.2) is 0 Å². The van der Waals surface area contributed by atoms with Gasteiger partial charge in [0.05, 0.1) is 0 Å². The zero-order chi connectivity index (χ0) is 17.3. The van der Waals surface area contributed by atoms with Gasteiger partial charge >= 0.3 is 5.97 Å². The van der Waals surface area contributed by atoms with Crippen molar-refractivity contribution in [2.75, 3.05) is 11.4 Å². The van der Waals surface area contributed by atoms with Crippen LogP contribution in [0.5, 0.6) is 0 Å². The van der Waals surface area contributed by atoms with E-state index in [4.69, 9.17) is 0 Å². The Kier molecular flexibility index (Phi) is 4.51. The number of anilines is 1. The molecule has 1 aromatic heterocycles. The highest BCUT2D eigenvalue weighted by molar-refractivity contribution is 6.01. The number of hydrogen-bond donors (Lipinski definition) is 1. The molecule has 1 saturated heterocycles. The SMILES string of the molecule is Cc1cc(-c2ccc(F)cc2)c(C(=O)O)c(N2CCCCC2C)n1. The second-order valence-electron chi connectivity index (χ2n) is 6.36. The average molecular weight is 328 g/mol. The second kappa shape index (κ2) is 6.59. The van der Waals surface area contributed by atoms with Crippen molar-refractivity contribution in [3.63, 3.8) is 0 Å². The number of aromatic carboxylic acids is 1. The van der Waals surface area contributed by atoms with Crippen LogP contribution in [-0.4, -0.2) is 28.6 Å². The lowest BCUT2D eigenvalue weighted by Crippen LogP contribution is -2.39. The first-order valence-electron chi connectivity index (χ1n) is 8.25. The molecular weight excluding hydrogens is 307 g/mol. The van der Waals surface area contributed by atoms with E-state index in [0.717, 1.165) is 31.5 Å². The standard InChI is InChI=1S/C19H21FN2O2/c1-12-11-16(14-6-8-15(20)9-7-14)17(19(23)24)18(21-12)22-10-4-3-5-13(22)2/h6-9,11,13H,3-5,10H2,1-2H3,(H,23,24). The molecule has 5 heteroatoms. The van der Waals surface area contributed by atoms with Crippen LogP contribution in [0.1, 0.15) is 42.2 Å². The third kappa shape index (κ3) is 3.11. The summed E-state index contributed by atoms with van der Waals surface area (Å²) in [6.07, 6.45) is 3.21. The van der Waals surface area contributed by atoms with Gasteiger partial charge in [-0.2, -0.15) is 0 Å². The lowest BCUT2D eigenvalue weighted by molar-refractivity contribution is 0.0698. The maximum atomic E-state index is 13.2. The highest BCUT2D eigenvalue weighted by atomic mass is 19.1. The first-order chi connectivity index (χ1) is 11.5. The number of benzene rings is 1. The summed E-state index contributed by atoms with van der Waals surface area (Å²) in [5.41, 5.74) is 2.22. The predicted octanol–water partition coefficient (Wildman–Crippen LogP) is 4.27. The monoisotopic (exact) mass is 328 g/mol. The lowest BCUT2D eigenvalue weighted by Gasteiger charge is -2.35. The second-order valence-corrected chi connectivity index (χ2v) is 6.36. The summed E-state index contributed by atoms with van der Waals surface area (Å²) in [7, 11) is 0. The number of pyridine rings is 1. The molecule has 24 heavy (non-hydrogen) atoms. The van der Waals surface area contributed by atoms with Gasteiger partial charge in [-0.1, -0.05) is 12.1 Å². The summed E-state index contributed by atoms with van der Waals surface area (Å²) < 4.78 is 13.2. The van der Waals surface area contributed by atoms with E-state index in [-0.39, 0.29) is 17.4 Å². The number of halogens is 1. The number of piperidine rings is 1. The Labute approximate surface area is 141 Å². The minimum Gasteiger partial charge on any atom is -0.478 e. The van der Waals surface area contributed by atoms with Gasteiger partial charge in [-0.25, -0.2) is 14.2 Å². The number of hydrogen-bond acceptors (Lipinski definition) is 3. The first kappa shape index (κ1) is 16.4. The van der Waals surface area contributed by atoms with Crippen LogP contribution in [0, 0.1) is 12.7 Å². The van der Waals surface area contributed by atoms with Gasteiger partial charge in [0.2, 0.25) is 0 Å². The molecule has 4 nitrogen and oxygen atoms in total. The molecule has 126 valence electrons. The van der Waals surface area contributed by atoms with Crippen LogP contribution < -0.4 is 4.90 Å². The summed E-state index contributed by atoms with van der Waals surface area (Å²) in [6.45, 7) is 4.77. The summed E-state index contributed by atoms with van der Waals surface area (Å²) in [6, 6.07) is 7.93. The van der Waals surface area contributed by atoms with Crippen molar-refractivity contribution in [3.8, 4) is 11.1 Å². The van der Waals surface area contributed by atoms with Crippen molar-refractivity contribution in [3.05, 3.63) is 47.4 Å². The number of aryl methyl sites for hydroxylation is 1. The minimum absolute atomic E-state index is 0.195. The average Bonchev–Trinajstić information content (AvgIpc) is 2.55. The Bertz CT molecular complexity index is 759. The molecule has 1 aliphatic heterocycles. The summed E-state index contributed by atoms with van der Waals surface area (Å²) >= 11 is 0. The fraction of sp³-hybridized carbons (Fsp3) is 0.368. The van der Waals surface area contributed by atoms with Gasteiger partial charge in [0.25, 0.3) is 0 Å². The minimum atomic E-state index is -1.01. The molecule has 0 bridgehead atoms. The molecule has 3 rings (SSSR count). The van der Waals surface area contributed by atoms with Crippen molar-refractivity contribution in [2.24, 2.45) is 0 Å². The fourth-order valence-electron chi connectivity index (χ4n) is 3.35. The van der Waals surface area contributed by atoms with Crippen LogP contribution >= 0.6 is 0 Å². The number of carboxylic acid groups (broad SMARTS) is 1. The Morgan fingerprint density at radius 2 is 2.00 bits per heavy atom. The van der Waals surface area contributed by atoms with Crippen molar-refractivity contribution >= 4 is 11.8 Å². The van der Waals surface area contributed by atoms with E-state index in [1.54, 1.807) is 18.2 Å². The van der Waals surface area contributed by atoms with Crippen LogP contribution in [0.25, 0.3) is 11.1 Å². The van der Waals surface area contributed by atoms with Gasteiger partial charge in [-0.05, 0) is 56.9 Å². The molecule has 1 fully saturated rings. The largest absolute Gasteiger partial charge is 0.478 e. The molecular formula is C19H21FN2O2. The zero-order valence-corrected chi connectivity index (χ0v) is 13.9.